The smallest absolute Gasteiger partial charge is 0.238 e. The molecule has 0 saturated heterocycles. The van der Waals surface area contributed by atoms with Crippen molar-refractivity contribution in [3.05, 3.63) is 27.7 Å². The molecule has 0 radical (unpaired) electrons. The van der Waals surface area contributed by atoms with E-state index in [0.29, 0.717) is 10.7 Å². The Morgan fingerprint density at radius 1 is 1.39 bits per heavy atom. The van der Waals surface area contributed by atoms with Crippen LogP contribution in [-0.4, -0.2) is 41.9 Å². The van der Waals surface area contributed by atoms with Crippen molar-refractivity contribution in [2.24, 2.45) is 0 Å². The Bertz CT molecular complexity index is 413. The second-order valence-electron chi connectivity index (χ2n) is 3.62. The molecule has 4 N–H and O–H groups in total. The van der Waals surface area contributed by atoms with Gasteiger partial charge >= 0.3 is 0 Å². The van der Waals surface area contributed by atoms with E-state index in [1.54, 1.807) is 18.2 Å². The molecule has 0 bridgehead atoms. The van der Waals surface area contributed by atoms with Crippen molar-refractivity contribution in [1.82, 2.24) is 5.32 Å². The highest BCUT2D eigenvalue weighted by Gasteiger charge is 2.09. The highest BCUT2D eigenvalue weighted by atomic mass is 79.9. The molecule has 1 aromatic rings. The van der Waals surface area contributed by atoms with E-state index < -0.39 is 6.04 Å². The lowest BCUT2D eigenvalue weighted by molar-refractivity contribution is -0.115. The SMILES string of the molecule is O=C(CNC(CO)CO)Nc1ccc(Br)cc1Cl. The van der Waals surface area contributed by atoms with Gasteiger partial charge in [-0.1, -0.05) is 27.5 Å². The van der Waals surface area contributed by atoms with E-state index in [4.69, 9.17) is 21.8 Å². The first-order chi connectivity index (χ1) is 8.56. The quantitative estimate of drug-likeness (QED) is 0.624. The number of nitrogens with one attached hydrogen (secondary N) is 2. The molecule has 1 amide bonds. The first-order valence-corrected chi connectivity index (χ1v) is 6.44. The molecule has 0 aliphatic heterocycles. The van der Waals surface area contributed by atoms with Gasteiger partial charge in [0.15, 0.2) is 0 Å². The third-order valence-corrected chi connectivity index (χ3v) is 3.00. The van der Waals surface area contributed by atoms with E-state index in [0.717, 1.165) is 4.47 Å². The number of aliphatic hydroxyl groups excluding tert-OH is 2. The average molecular weight is 338 g/mol. The predicted octanol–water partition coefficient (Wildman–Crippen LogP) is 0.984. The van der Waals surface area contributed by atoms with Crippen LogP contribution >= 0.6 is 27.5 Å². The number of hydrogen-bond acceptors (Lipinski definition) is 4. The minimum atomic E-state index is -0.504. The zero-order chi connectivity index (χ0) is 13.5. The van der Waals surface area contributed by atoms with Gasteiger partial charge in [-0.05, 0) is 18.2 Å². The van der Waals surface area contributed by atoms with Gasteiger partial charge in [0.2, 0.25) is 5.91 Å². The van der Waals surface area contributed by atoms with Crippen molar-refractivity contribution < 1.29 is 15.0 Å². The summed E-state index contributed by atoms with van der Waals surface area (Å²) in [6.07, 6.45) is 0. The maximum absolute atomic E-state index is 11.6. The van der Waals surface area contributed by atoms with Crippen molar-refractivity contribution in [3.8, 4) is 0 Å². The van der Waals surface area contributed by atoms with Gasteiger partial charge in [0.25, 0.3) is 0 Å². The standard InChI is InChI=1S/C11H14BrClN2O3/c12-7-1-2-10(9(13)3-7)15-11(18)4-14-8(5-16)6-17/h1-3,8,14,16-17H,4-6H2,(H,15,18). The molecular formula is C11H14BrClN2O3. The Kier molecular flexibility index (Phi) is 6.59. The molecule has 7 heteroatoms. The fourth-order valence-electron chi connectivity index (χ4n) is 1.21. The van der Waals surface area contributed by atoms with Gasteiger partial charge in [0, 0.05) is 4.47 Å². The second-order valence-corrected chi connectivity index (χ2v) is 4.94. The normalized spacial score (nSPS) is 10.7. The molecule has 18 heavy (non-hydrogen) atoms. The van der Waals surface area contributed by atoms with Crippen LogP contribution in [0.5, 0.6) is 0 Å². The molecule has 0 spiro atoms. The second kappa shape index (κ2) is 7.70. The van der Waals surface area contributed by atoms with Gasteiger partial charge in [-0.25, -0.2) is 0 Å². The fraction of sp³-hybridized carbons (Fsp3) is 0.364. The third-order valence-electron chi connectivity index (χ3n) is 2.20. The Morgan fingerprint density at radius 2 is 2.06 bits per heavy atom. The first-order valence-electron chi connectivity index (χ1n) is 5.26. The van der Waals surface area contributed by atoms with Gasteiger partial charge in [-0.15, -0.1) is 0 Å². The zero-order valence-electron chi connectivity index (χ0n) is 9.49. The maximum Gasteiger partial charge on any atom is 0.238 e. The summed E-state index contributed by atoms with van der Waals surface area (Å²) in [5.41, 5.74) is 0.510. The molecule has 0 aliphatic rings. The summed E-state index contributed by atoms with van der Waals surface area (Å²) in [5.74, 6) is -0.300. The minimum absolute atomic E-state index is 0.0157. The van der Waals surface area contributed by atoms with E-state index in [1.165, 1.54) is 0 Å². The van der Waals surface area contributed by atoms with Crippen LogP contribution < -0.4 is 10.6 Å². The van der Waals surface area contributed by atoms with Crippen molar-refractivity contribution >= 4 is 39.1 Å². The lowest BCUT2D eigenvalue weighted by Crippen LogP contribution is -2.40. The molecule has 0 fully saturated rings. The minimum Gasteiger partial charge on any atom is -0.395 e. The Morgan fingerprint density at radius 3 is 2.61 bits per heavy atom. The molecule has 0 aromatic heterocycles. The molecule has 5 nitrogen and oxygen atoms in total. The summed E-state index contributed by atoms with van der Waals surface area (Å²) in [6, 6.07) is 4.62. The van der Waals surface area contributed by atoms with Crippen LogP contribution in [0.2, 0.25) is 5.02 Å². The molecule has 1 aromatic carbocycles. The van der Waals surface area contributed by atoms with Crippen molar-refractivity contribution in [2.45, 2.75) is 6.04 Å². The van der Waals surface area contributed by atoms with E-state index in [9.17, 15) is 4.79 Å². The summed E-state index contributed by atoms with van der Waals surface area (Å²) in [6.45, 7) is -0.482. The highest BCUT2D eigenvalue weighted by Crippen LogP contribution is 2.25. The van der Waals surface area contributed by atoms with Crippen LogP contribution in [0, 0.1) is 0 Å². The van der Waals surface area contributed by atoms with Gasteiger partial charge in [-0.3, -0.25) is 4.79 Å². The van der Waals surface area contributed by atoms with Crippen LogP contribution in [0.15, 0.2) is 22.7 Å². The van der Waals surface area contributed by atoms with Crippen molar-refractivity contribution in [1.29, 1.82) is 0 Å². The number of anilines is 1. The molecule has 0 heterocycles. The van der Waals surface area contributed by atoms with Gasteiger partial charge in [0.05, 0.1) is 36.5 Å². The first kappa shape index (κ1) is 15.4. The Balaban J connectivity index is 2.49. The number of hydrogen-bond donors (Lipinski definition) is 4. The monoisotopic (exact) mass is 336 g/mol. The summed E-state index contributed by atoms with van der Waals surface area (Å²) < 4.78 is 0.823. The van der Waals surface area contributed by atoms with Crippen LogP contribution in [0.3, 0.4) is 0 Å². The molecule has 0 saturated carbocycles. The lowest BCUT2D eigenvalue weighted by atomic mass is 10.3. The molecular weight excluding hydrogens is 323 g/mol. The summed E-state index contributed by atoms with van der Waals surface area (Å²) in [5, 5.41) is 23.4. The van der Waals surface area contributed by atoms with Crippen LogP contribution in [-0.2, 0) is 4.79 Å². The van der Waals surface area contributed by atoms with E-state index in [2.05, 4.69) is 26.6 Å². The zero-order valence-corrected chi connectivity index (χ0v) is 11.8. The van der Waals surface area contributed by atoms with Gasteiger partial charge in [0.1, 0.15) is 0 Å². The van der Waals surface area contributed by atoms with E-state index in [-0.39, 0.29) is 25.7 Å². The van der Waals surface area contributed by atoms with Crippen molar-refractivity contribution in [2.75, 3.05) is 25.1 Å². The largest absolute Gasteiger partial charge is 0.395 e. The van der Waals surface area contributed by atoms with Crippen LogP contribution in [0.25, 0.3) is 0 Å². The summed E-state index contributed by atoms with van der Waals surface area (Å²) in [7, 11) is 0. The number of carbonyl (C=O) groups is 1. The lowest BCUT2D eigenvalue weighted by Gasteiger charge is -2.13. The number of benzene rings is 1. The average Bonchev–Trinajstić information content (AvgIpc) is 2.34. The molecule has 100 valence electrons. The van der Waals surface area contributed by atoms with E-state index >= 15 is 0 Å². The topological polar surface area (TPSA) is 81.6 Å². The molecule has 1 rings (SSSR count). The summed E-state index contributed by atoms with van der Waals surface area (Å²) in [4.78, 5) is 11.6. The fourth-order valence-corrected chi connectivity index (χ4v) is 1.93. The van der Waals surface area contributed by atoms with Crippen LogP contribution in [0.4, 0.5) is 5.69 Å². The molecule has 0 atom stereocenters. The van der Waals surface area contributed by atoms with Gasteiger partial charge < -0.3 is 20.8 Å². The number of aliphatic hydroxyl groups is 2. The summed E-state index contributed by atoms with van der Waals surface area (Å²) >= 11 is 9.21. The highest BCUT2D eigenvalue weighted by molar-refractivity contribution is 9.10. The van der Waals surface area contributed by atoms with Crippen molar-refractivity contribution in [3.63, 3.8) is 0 Å². The number of carbonyl (C=O) groups excluding carboxylic acids is 1. The third kappa shape index (κ3) is 4.91. The number of rotatable bonds is 6. The number of amides is 1. The molecule has 0 unspecified atom stereocenters. The number of halogens is 2. The Labute approximate surface area is 118 Å². The van der Waals surface area contributed by atoms with Crippen LogP contribution in [0.1, 0.15) is 0 Å². The van der Waals surface area contributed by atoms with E-state index in [1.807, 2.05) is 0 Å². The van der Waals surface area contributed by atoms with Gasteiger partial charge in [-0.2, -0.15) is 0 Å². The predicted molar refractivity (Wildman–Crippen MR) is 73.7 cm³/mol. The maximum atomic E-state index is 11.6. The Hall–Kier alpha value is -0.660. The molecule has 0 aliphatic carbocycles.